The number of nitrogens with one attached hydrogen (secondary N) is 1. The molecular weight excluding hydrogens is 390 g/mol. The molecule has 0 saturated heterocycles. The smallest absolute Gasteiger partial charge is 0.235 e. The number of fused-ring (bicyclic) bond motifs is 1. The lowest BCUT2D eigenvalue weighted by Crippen LogP contribution is -2.15. The summed E-state index contributed by atoms with van der Waals surface area (Å²) in [6.07, 6.45) is 0. The zero-order chi connectivity index (χ0) is 20.5. The number of thioether (sulfide) groups is 1. The standard InChI is InChI=1S/C25H21N3OS/c1-17-12-14-19(15-13-17)24-22-23(18-8-4-2-5-9-18)27-28(20-10-6-3-7-11-20)25(22)26-21(29)16-30-24/h2-15,24H,16H2,1H3,(H,26,29)/t24-/m0/s1. The van der Waals surface area contributed by atoms with Crippen LogP contribution in [0, 0.1) is 6.92 Å². The SMILES string of the molecule is Cc1ccc([C@@H]2SCC(=O)Nc3c2c(-c2ccccc2)nn3-c2ccccc2)cc1. The van der Waals surface area contributed by atoms with E-state index in [2.05, 4.69) is 48.6 Å². The predicted molar refractivity (Wildman–Crippen MR) is 123 cm³/mol. The molecular formula is C25H21N3OS. The summed E-state index contributed by atoms with van der Waals surface area (Å²) in [7, 11) is 0. The van der Waals surface area contributed by atoms with Crippen molar-refractivity contribution in [3.63, 3.8) is 0 Å². The van der Waals surface area contributed by atoms with E-state index in [0.29, 0.717) is 5.75 Å². The third kappa shape index (κ3) is 3.42. The number of nitrogens with zero attached hydrogens (tertiary/aromatic N) is 2. The first-order valence-electron chi connectivity index (χ1n) is 9.92. The maximum atomic E-state index is 12.6. The minimum atomic E-state index is -0.00689. The topological polar surface area (TPSA) is 46.9 Å². The van der Waals surface area contributed by atoms with Gasteiger partial charge in [-0.05, 0) is 24.6 Å². The highest BCUT2D eigenvalue weighted by Crippen LogP contribution is 2.46. The Kier molecular flexibility index (Phi) is 4.89. The zero-order valence-electron chi connectivity index (χ0n) is 16.6. The minimum absolute atomic E-state index is 0.00668. The number of carbonyl (C=O) groups is 1. The Bertz CT molecular complexity index is 1180. The first kappa shape index (κ1) is 18.7. The van der Waals surface area contributed by atoms with Crippen molar-refractivity contribution >= 4 is 23.5 Å². The molecule has 0 unspecified atom stereocenters. The molecule has 5 rings (SSSR count). The fourth-order valence-corrected chi connectivity index (χ4v) is 4.91. The molecule has 2 heterocycles. The lowest BCUT2D eigenvalue weighted by Gasteiger charge is -2.16. The predicted octanol–water partition coefficient (Wildman–Crippen LogP) is 5.62. The van der Waals surface area contributed by atoms with Gasteiger partial charge in [-0.25, -0.2) is 4.68 Å². The van der Waals surface area contributed by atoms with Crippen LogP contribution >= 0.6 is 11.8 Å². The number of carbonyl (C=O) groups excluding carboxylic acids is 1. The van der Waals surface area contributed by atoms with E-state index in [1.165, 1.54) is 11.1 Å². The van der Waals surface area contributed by atoms with Gasteiger partial charge in [0.15, 0.2) is 0 Å². The van der Waals surface area contributed by atoms with Crippen molar-refractivity contribution in [1.29, 1.82) is 0 Å². The van der Waals surface area contributed by atoms with Crippen molar-refractivity contribution in [3.8, 4) is 16.9 Å². The van der Waals surface area contributed by atoms with Crippen LogP contribution in [0.4, 0.5) is 5.82 Å². The third-order valence-electron chi connectivity index (χ3n) is 5.25. The summed E-state index contributed by atoms with van der Waals surface area (Å²) in [5, 5.41) is 8.13. The summed E-state index contributed by atoms with van der Waals surface area (Å²) in [4.78, 5) is 12.6. The van der Waals surface area contributed by atoms with Crippen LogP contribution in [0.2, 0.25) is 0 Å². The number of hydrogen-bond donors (Lipinski definition) is 1. The van der Waals surface area contributed by atoms with Gasteiger partial charge in [0.05, 0.1) is 22.4 Å². The molecule has 1 amide bonds. The lowest BCUT2D eigenvalue weighted by molar-refractivity contribution is -0.113. The summed E-state index contributed by atoms with van der Waals surface area (Å²) < 4.78 is 1.86. The number of benzene rings is 3. The van der Waals surface area contributed by atoms with E-state index in [-0.39, 0.29) is 11.2 Å². The molecule has 0 fully saturated rings. The summed E-state index contributed by atoms with van der Waals surface area (Å²) in [6, 6.07) is 28.7. The molecule has 5 heteroatoms. The Labute approximate surface area is 179 Å². The van der Waals surface area contributed by atoms with E-state index in [4.69, 9.17) is 5.10 Å². The van der Waals surface area contributed by atoms with Crippen molar-refractivity contribution in [2.24, 2.45) is 0 Å². The van der Waals surface area contributed by atoms with Crippen molar-refractivity contribution in [2.75, 3.05) is 11.1 Å². The summed E-state index contributed by atoms with van der Waals surface area (Å²) in [5.74, 6) is 1.14. The molecule has 1 atom stereocenters. The van der Waals surface area contributed by atoms with Crippen LogP contribution in [0.1, 0.15) is 21.9 Å². The summed E-state index contributed by atoms with van der Waals surface area (Å²) >= 11 is 1.65. The number of amides is 1. The van der Waals surface area contributed by atoms with E-state index in [9.17, 15) is 4.79 Å². The van der Waals surface area contributed by atoms with Crippen molar-refractivity contribution in [1.82, 2.24) is 9.78 Å². The normalized spacial score (nSPS) is 15.9. The van der Waals surface area contributed by atoms with Crippen LogP contribution in [0.25, 0.3) is 16.9 Å². The highest BCUT2D eigenvalue weighted by molar-refractivity contribution is 8.00. The number of para-hydroxylation sites is 1. The van der Waals surface area contributed by atoms with Crippen LogP contribution in [0.15, 0.2) is 84.9 Å². The fraction of sp³-hybridized carbons (Fsp3) is 0.120. The minimum Gasteiger partial charge on any atom is -0.310 e. The molecule has 0 bridgehead atoms. The molecule has 3 aromatic carbocycles. The Balaban J connectivity index is 1.78. The molecule has 0 radical (unpaired) electrons. The van der Waals surface area contributed by atoms with Crippen molar-refractivity contribution in [2.45, 2.75) is 12.2 Å². The molecule has 1 aromatic heterocycles. The highest BCUT2D eigenvalue weighted by Gasteiger charge is 2.32. The van der Waals surface area contributed by atoms with Gasteiger partial charge in [-0.2, -0.15) is 5.10 Å². The number of rotatable bonds is 3. The van der Waals surface area contributed by atoms with Gasteiger partial charge in [-0.15, -0.1) is 11.8 Å². The largest absolute Gasteiger partial charge is 0.310 e. The molecule has 4 nitrogen and oxygen atoms in total. The Morgan fingerprint density at radius 2 is 1.60 bits per heavy atom. The first-order chi connectivity index (χ1) is 14.7. The Morgan fingerprint density at radius 3 is 2.30 bits per heavy atom. The average Bonchev–Trinajstić information content (AvgIpc) is 3.06. The molecule has 148 valence electrons. The van der Waals surface area contributed by atoms with Gasteiger partial charge < -0.3 is 5.32 Å². The van der Waals surface area contributed by atoms with Crippen LogP contribution in [-0.4, -0.2) is 21.4 Å². The van der Waals surface area contributed by atoms with Crippen LogP contribution in [-0.2, 0) is 4.79 Å². The molecule has 0 aliphatic carbocycles. The average molecular weight is 412 g/mol. The number of aromatic nitrogens is 2. The van der Waals surface area contributed by atoms with Gasteiger partial charge in [0.2, 0.25) is 5.91 Å². The van der Waals surface area contributed by atoms with Crippen molar-refractivity contribution < 1.29 is 4.79 Å². The number of anilines is 1. The first-order valence-corrected chi connectivity index (χ1v) is 11.0. The molecule has 0 spiro atoms. The van der Waals surface area contributed by atoms with Crippen LogP contribution in [0.3, 0.4) is 0 Å². The second kappa shape index (κ2) is 7.84. The summed E-state index contributed by atoms with van der Waals surface area (Å²) in [6.45, 7) is 2.09. The van der Waals surface area contributed by atoms with Crippen LogP contribution in [0.5, 0.6) is 0 Å². The van der Waals surface area contributed by atoms with E-state index < -0.39 is 0 Å². The maximum Gasteiger partial charge on any atom is 0.235 e. The van der Waals surface area contributed by atoms with Gasteiger partial charge >= 0.3 is 0 Å². The number of hydrogen-bond acceptors (Lipinski definition) is 3. The van der Waals surface area contributed by atoms with E-state index in [1.807, 2.05) is 53.2 Å². The Morgan fingerprint density at radius 1 is 0.933 bits per heavy atom. The van der Waals surface area contributed by atoms with Crippen LogP contribution < -0.4 is 5.32 Å². The molecule has 4 aromatic rings. The van der Waals surface area contributed by atoms with E-state index >= 15 is 0 Å². The van der Waals surface area contributed by atoms with Gasteiger partial charge in [0.1, 0.15) is 5.82 Å². The second-order valence-electron chi connectivity index (χ2n) is 7.37. The van der Waals surface area contributed by atoms with Gasteiger partial charge in [0, 0.05) is 11.1 Å². The molecule has 0 saturated carbocycles. The number of aryl methyl sites for hydroxylation is 1. The van der Waals surface area contributed by atoms with E-state index in [0.717, 1.165) is 28.3 Å². The second-order valence-corrected chi connectivity index (χ2v) is 8.47. The van der Waals surface area contributed by atoms with Gasteiger partial charge in [0.25, 0.3) is 0 Å². The quantitative estimate of drug-likeness (QED) is 0.476. The zero-order valence-corrected chi connectivity index (χ0v) is 17.4. The third-order valence-corrected chi connectivity index (χ3v) is 6.52. The molecule has 1 aliphatic rings. The highest BCUT2D eigenvalue weighted by atomic mass is 32.2. The maximum absolute atomic E-state index is 12.6. The summed E-state index contributed by atoms with van der Waals surface area (Å²) in [5.41, 5.74) is 6.30. The van der Waals surface area contributed by atoms with Crippen molar-refractivity contribution in [3.05, 3.63) is 102 Å². The lowest BCUT2D eigenvalue weighted by atomic mass is 9.99. The van der Waals surface area contributed by atoms with Gasteiger partial charge in [-0.1, -0.05) is 78.4 Å². The van der Waals surface area contributed by atoms with Gasteiger partial charge in [-0.3, -0.25) is 4.79 Å². The molecule has 1 aliphatic heterocycles. The fourth-order valence-electron chi connectivity index (χ4n) is 3.78. The Hall–Kier alpha value is -3.31. The molecule has 1 N–H and O–H groups in total. The van der Waals surface area contributed by atoms with E-state index in [1.54, 1.807) is 11.8 Å². The molecule has 30 heavy (non-hydrogen) atoms. The monoisotopic (exact) mass is 411 g/mol.